The largest absolute Gasteiger partial charge is 0.465 e. The van der Waals surface area contributed by atoms with Crippen LogP contribution in [0.5, 0.6) is 0 Å². The van der Waals surface area contributed by atoms with Crippen LogP contribution >= 0.6 is 22.9 Å². The number of thiophene rings is 1. The maximum absolute atomic E-state index is 11.7. The van der Waals surface area contributed by atoms with Gasteiger partial charge in [-0.25, -0.2) is 4.79 Å². The van der Waals surface area contributed by atoms with Crippen LogP contribution in [0.3, 0.4) is 0 Å². The van der Waals surface area contributed by atoms with Gasteiger partial charge in [-0.1, -0.05) is 0 Å². The molecule has 6 heteroatoms. The van der Waals surface area contributed by atoms with Crippen molar-refractivity contribution in [1.29, 1.82) is 0 Å². The Morgan fingerprint density at radius 2 is 2.17 bits per heavy atom. The molecule has 2 rings (SSSR count). The number of nitrogens with zero attached hydrogens (tertiary/aromatic N) is 1. The van der Waals surface area contributed by atoms with Gasteiger partial charge in [0, 0.05) is 24.5 Å². The molecule has 1 aliphatic heterocycles. The molecule has 4 nitrogen and oxygen atoms in total. The first kappa shape index (κ1) is 13.5. The third-order valence-electron chi connectivity index (χ3n) is 3.14. The molecule has 0 bridgehead atoms. The summed E-state index contributed by atoms with van der Waals surface area (Å²) in [7, 11) is 1.37. The average Bonchev–Trinajstić information content (AvgIpc) is 2.99. The maximum atomic E-state index is 11.7. The molecule has 1 aromatic rings. The summed E-state index contributed by atoms with van der Waals surface area (Å²) in [4.78, 5) is 14.5. The first-order valence-electron chi connectivity index (χ1n) is 5.99. The zero-order chi connectivity index (χ0) is 13.1. The molecule has 0 aromatic carbocycles. The van der Waals surface area contributed by atoms with Crippen LogP contribution in [0, 0.1) is 0 Å². The van der Waals surface area contributed by atoms with Gasteiger partial charge >= 0.3 is 5.97 Å². The number of carbonyl (C=O) groups is 1. The Labute approximate surface area is 116 Å². The van der Waals surface area contributed by atoms with Gasteiger partial charge in [0.15, 0.2) is 0 Å². The van der Waals surface area contributed by atoms with E-state index in [-0.39, 0.29) is 5.97 Å². The molecule has 1 saturated heterocycles. The highest BCUT2D eigenvalue weighted by molar-refractivity contribution is 7.18. The molecular formula is C12H17ClN2O2S. The summed E-state index contributed by atoms with van der Waals surface area (Å²) < 4.78 is 4.77. The predicted octanol–water partition coefficient (Wildman–Crippen LogP) is 2.50. The molecule has 1 aliphatic rings. The molecule has 1 aromatic heterocycles. The number of rotatable bonds is 4. The molecule has 2 heterocycles. The van der Waals surface area contributed by atoms with Gasteiger partial charge in [0.2, 0.25) is 0 Å². The van der Waals surface area contributed by atoms with Gasteiger partial charge in [0.05, 0.1) is 17.8 Å². The zero-order valence-electron chi connectivity index (χ0n) is 10.4. The topological polar surface area (TPSA) is 55.6 Å². The van der Waals surface area contributed by atoms with Crippen molar-refractivity contribution in [3.8, 4) is 0 Å². The smallest absolute Gasteiger partial charge is 0.350 e. The van der Waals surface area contributed by atoms with Crippen molar-refractivity contribution in [2.45, 2.75) is 19.3 Å². The van der Waals surface area contributed by atoms with Crippen LogP contribution in [0.1, 0.15) is 28.1 Å². The fourth-order valence-corrected chi connectivity index (χ4v) is 3.65. The van der Waals surface area contributed by atoms with Crippen LogP contribution in [0.2, 0.25) is 0 Å². The molecule has 0 spiro atoms. The predicted molar refractivity (Wildman–Crippen MR) is 75.9 cm³/mol. The van der Waals surface area contributed by atoms with Gasteiger partial charge in [-0.15, -0.1) is 22.9 Å². The number of halogens is 1. The summed E-state index contributed by atoms with van der Waals surface area (Å²) in [5.41, 5.74) is 7.59. The van der Waals surface area contributed by atoms with Crippen LogP contribution in [0.4, 0.5) is 10.7 Å². The Morgan fingerprint density at radius 1 is 1.50 bits per heavy atom. The van der Waals surface area contributed by atoms with Crippen LogP contribution < -0.4 is 10.6 Å². The minimum Gasteiger partial charge on any atom is -0.465 e. The van der Waals surface area contributed by atoms with E-state index in [1.807, 2.05) is 0 Å². The van der Waals surface area contributed by atoms with E-state index in [9.17, 15) is 4.79 Å². The van der Waals surface area contributed by atoms with E-state index in [0.29, 0.717) is 22.9 Å². The number of ether oxygens (including phenoxy) is 1. The molecule has 1 fully saturated rings. The van der Waals surface area contributed by atoms with Gasteiger partial charge < -0.3 is 15.4 Å². The van der Waals surface area contributed by atoms with E-state index in [4.69, 9.17) is 22.1 Å². The normalized spacial score (nSPS) is 15.1. The van der Waals surface area contributed by atoms with Gasteiger partial charge in [-0.2, -0.15) is 0 Å². The van der Waals surface area contributed by atoms with Gasteiger partial charge in [0.1, 0.15) is 4.88 Å². The van der Waals surface area contributed by atoms with Gasteiger partial charge in [-0.05, 0) is 19.3 Å². The number of esters is 1. The first-order chi connectivity index (χ1) is 8.69. The summed E-state index contributed by atoms with van der Waals surface area (Å²) in [6.07, 6.45) is 3.06. The Morgan fingerprint density at radius 3 is 2.72 bits per heavy atom. The van der Waals surface area contributed by atoms with Crippen molar-refractivity contribution in [2.75, 3.05) is 36.7 Å². The molecule has 100 valence electrons. The third kappa shape index (κ3) is 2.42. The number of hydrogen-bond donors (Lipinski definition) is 1. The average molecular weight is 289 g/mol. The highest BCUT2D eigenvalue weighted by Gasteiger charge is 2.25. The minimum atomic E-state index is -0.362. The SMILES string of the molecule is COC(=O)c1sc(N2CCCC2)c(CCCl)c1N. The second kappa shape index (κ2) is 5.80. The van der Waals surface area contributed by atoms with Crippen LogP contribution in [0.25, 0.3) is 0 Å². The summed E-state index contributed by atoms with van der Waals surface area (Å²) in [5, 5.41) is 1.09. The standard InChI is InChI=1S/C12H17ClN2O2S/c1-17-12(16)10-9(14)8(4-5-13)11(18-10)15-6-2-3-7-15/h2-7,14H2,1H3. The van der Waals surface area contributed by atoms with Gasteiger partial charge in [-0.3, -0.25) is 0 Å². The first-order valence-corrected chi connectivity index (χ1v) is 7.34. The van der Waals surface area contributed by atoms with E-state index < -0.39 is 0 Å². The van der Waals surface area contributed by atoms with Crippen molar-refractivity contribution in [3.63, 3.8) is 0 Å². The lowest BCUT2D eigenvalue weighted by molar-refractivity contribution is 0.0607. The quantitative estimate of drug-likeness (QED) is 0.683. The Bertz CT molecular complexity index is 442. The van der Waals surface area contributed by atoms with Gasteiger partial charge in [0.25, 0.3) is 0 Å². The molecule has 0 aliphatic carbocycles. The highest BCUT2D eigenvalue weighted by Crippen LogP contribution is 2.40. The number of nitrogens with two attached hydrogens (primary N) is 1. The monoisotopic (exact) mass is 288 g/mol. The third-order valence-corrected chi connectivity index (χ3v) is 4.61. The van der Waals surface area contributed by atoms with Crippen LogP contribution in [-0.4, -0.2) is 32.0 Å². The summed E-state index contributed by atoms with van der Waals surface area (Å²) >= 11 is 7.25. The lowest BCUT2D eigenvalue weighted by atomic mass is 10.2. The molecular weight excluding hydrogens is 272 g/mol. The van der Waals surface area contributed by atoms with Crippen molar-refractivity contribution in [3.05, 3.63) is 10.4 Å². The van der Waals surface area contributed by atoms with E-state index >= 15 is 0 Å². The fourth-order valence-electron chi connectivity index (χ4n) is 2.22. The molecule has 0 amide bonds. The highest BCUT2D eigenvalue weighted by atomic mass is 35.5. The number of alkyl halides is 1. The molecule has 0 atom stereocenters. The van der Waals surface area contributed by atoms with Crippen molar-refractivity contribution in [2.24, 2.45) is 0 Å². The number of hydrogen-bond acceptors (Lipinski definition) is 5. The summed E-state index contributed by atoms with van der Waals surface area (Å²) in [6.45, 7) is 2.05. The van der Waals surface area contributed by atoms with Crippen molar-refractivity contribution in [1.82, 2.24) is 0 Å². The second-order valence-corrected chi connectivity index (χ2v) is 5.63. The van der Waals surface area contributed by atoms with E-state index in [1.54, 1.807) is 0 Å². The molecule has 0 unspecified atom stereocenters. The van der Waals surface area contributed by atoms with Crippen molar-refractivity contribution < 1.29 is 9.53 Å². The van der Waals surface area contributed by atoms with Crippen LogP contribution in [-0.2, 0) is 11.2 Å². The Kier molecular flexibility index (Phi) is 4.35. The summed E-state index contributed by atoms with van der Waals surface area (Å²) in [5.74, 6) is 0.140. The number of methoxy groups -OCH3 is 1. The second-order valence-electron chi connectivity index (χ2n) is 4.25. The van der Waals surface area contributed by atoms with E-state index in [1.165, 1.54) is 31.3 Å². The molecule has 18 heavy (non-hydrogen) atoms. The number of nitrogen functional groups attached to an aromatic ring is 1. The Balaban J connectivity index is 2.39. The van der Waals surface area contributed by atoms with Crippen molar-refractivity contribution >= 4 is 39.6 Å². The molecule has 0 radical (unpaired) electrons. The lowest BCUT2D eigenvalue weighted by Gasteiger charge is -2.17. The van der Waals surface area contributed by atoms with E-state index in [0.717, 1.165) is 23.7 Å². The zero-order valence-corrected chi connectivity index (χ0v) is 11.9. The molecule has 0 saturated carbocycles. The van der Waals surface area contributed by atoms with Crippen LogP contribution in [0.15, 0.2) is 0 Å². The Hall–Kier alpha value is -0.940. The minimum absolute atomic E-state index is 0.362. The van der Waals surface area contributed by atoms with E-state index in [2.05, 4.69) is 4.90 Å². The lowest BCUT2D eigenvalue weighted by Crippen LogP contribution is -2.17. The number of carbonyl (C=O) groups excluding carboxylic acids is 1. The number of anilines is 2. The fraction of sp³-hybridized carbons (Fsp3) is 0.583. The molecule has 2 N–H and O–H groups in total. The maximum Gasteiger partial charge on any atom is 0.350 e. The summed E-state index contributed by atoms with van der Waals surface area (Å²) in [6, 6.07) is 0.